The first kappa shape index (κ1) is 10.5. The summed E-state index contributed by atoms with van der Waals surface area (Å²) in [4.78, 5) is 16.0. The molecule has 0 fully saturated rings. The molecule has 0 N–H and O–H groups in total. The summed E-state index contributed by atoms with van der Waals surface area (Å²) in [6.45, 7) is 0. The number of Topliss-reactive ketones (excluding diaryl/α,β-unsaturated/α-hetero) is 1. The lowest BCUT2D eigenvalue weighted by molar-refractivity contribution is 0.0978. The number of nitrogens with zero attached hydrogens (tertiary/aromatic N) is 2. The first-order valence-electron chi connectivity index (χ1n) is 4.70. The van der Waals surface area contributed by atoms with Gasteiger partial charge in [-0.25, -0.2) is 0 Å². The Labute approximate surface area is 97.0 Å². The number of hydrogen-bond donors (Lipinski definition) is 0. The second-order valence-corrected chi connectivity index (χ2v) is 3.97. The van der Waals surface area contributed by atoms with E-state index in [0.717, 1.165) is 0 Å². The topological polar surface area (TPSA) is 53.8 Å². The van der Waals surface area contributed by atoms with E-state index in [1.807, 2.05) is 11.4 Å². The van der Waals surface area contributed by atoms with Crippen LogP contribution >= 0.6 is 11.3 Å². The van der Waals surface area contributed by atoms with Gasteiger partial charge in [0.1, 0.15) is 0 Å². The van der Waals surface area contributed by atoms with Gasteiger partial charge in [0.2, 0.25) is 0 Å². The van der Waals surface area contributed by atoms with Gasteiger partial charge in [0, 0.05) is 17.1 Å². The van der Waals surface area contributed by atoms with Crippen molar-refractivity contribution in [1.82, 2.24) is 4.98 Å². The number of aromatic nitrogens is 1. The molecule has 0 amide bonds. The lowest BCUT2D eigenvalue weighted by atomic mass is 9.97. The summed E-state index contributed by atoms with van der Waals surface area (Å²) in [5.41, 5.74) is 1.07. The van der Waals surface area contributed by atoms with Gasteiger partial charge in [-0.1, -0.05) is 6.07 Å². The lowest BCUT2D eigenvalue weighted by Gasteiger charge is -2.05. The zero-order valence-corrected chi connectivity index (χ0v) is 9.15. The minimum atomic E-state index is -0.809. The van der Waals surface area contributed by atoms with Crippen molar-refractivity contribution in [2.45, 2.75) is 5.92 Å². The fourth-order valence-corrected chi connectivity index (χ4v) is 2.02. The molecule has 2 heterocycles. The smallest absolute Gasteiger partial charge is 0.186 e. The molecule has 0 spiro atoms. The Bertz CT molecular complexity index is 514. The molecule has 0 saturated carbocycles. The van der Waals surface area contributed by atoms with Crippen molar-refractivity contribution in [3.8, 4) is 6.07 Å². The molecule has 0 aliphatic carbocycles. The van der Waals surface area contributed by atoms with Crippen molar-refractivity contribution in [3.63, 3.8) is 0 Å². The van der Waals surface area contributed by atoms with E-state index in [-0.39, 0.29) is 5.78 Å². The van der Waals surface area contributed by atoms with Crippen molar-refractivity contribution >= 4 is 17.1 Å². The van der Waals surface area contributed by atoms with Crippen molar-refractivity contribution < 1.29 is 4.79 Å². The second-order valence-electron chi connectivity index (χ2n) is 3.19. The Morgan fingerprint density at radius 2 is 2.31 bits per heavy atom. The number of hydrogen-bond acceptors (Lipinski definition) is 4. The number of carbonyl (C=O) groups excluding carboxylic acids is 1. The fourth-order valence-electron chi connectivity index (χ4n) is 1.38. The summed E-state index contributed by atoms with van der Waals surface area (Å²) in [7, 11) is 0. The Morgan fingerprint density at radius 1 is 1.44 bits per heavy atom. The highest BCUT2D eigenvalue weighted by Crippen LogP contribution is 2.19. The van der Waals surface area contributed by atoms with Crippen LogP contribution in [-0.2, 0) is 0 Å². The minimum absolute atomic E-state index is 0.192. The zero-order valence-electron chi connectivity index (χ0n) is 8.33. The van der Waals surface area contributed by atoms with Gasteiger partial charge in [0.05, 0.1) is 11.8 Å². The molecule has 4 heteroatoms. The fraction of sp³-hybridized carbons (Fsp3) is 0.0833. The summed E-state index contributed by atoms with van der Waals surface area (Å²) >= 11 is 1.44. The highest BCUT2D eigenvalue weighted by atomic mass is 32.1. The number of ketones is 1. The van der Waals surface area contributed by atoms with E-state index >= 15 is 0 Å². The molecule has 0 saturated heterocycles. The average Bonchev–Trinajstić information content (AvgIpc) is 2.85. The average molecular weight is 228 g/mol. The van der Waals surface area contributed by atoms with Gasteiger partial charge < -0.3 is 0 Å². The highest BCUT2D eigenvalue weighted by molar-refractivity contribution is 7.08. The van der Waals surface area contributed by atoms with Crippen molar-refractivity contribution in [2.24, 2.45) is 0 Å². The lowest BCUT2D eigenvalue weighted by Crippen LogP contribution is -2.11. The molecular formula is C12H8N2OS. The monoisotopic (exact) mass is 228 g/mol. The van der Waals surface area contributed by atoms with Gasteiger partial charge >= 0.3 is 0 Å². The number of pyridine rings is 1. The summed E-state index contributed by atoms with van der Waals surface area (Å²) in [5, 5.41) is 12.6. The third-order valence-corrected chi connectivity index (χ3v) is 2.86. The standard InChI is InChI=1S/C12H8N2OS/c13-7-10(11-3-1-2-5-14-11)12(15)9-4-6-16-8-9/h1-6,8,10H. The van der Waals surface area contributed by atoms with Crippen LogP contribution in [0.3, 0.4) is 0 Å². The summed E-state index contributed by atoms with van der Waals surface area (Å²) in [6, 6.07) is 8.94. The summed E-state index contributed by atoms with van der Waals surface area (Å²) < 4.78 is 0. The van der Waals surface area contributed by atoms with Gasteiger partial charge in [-0.2, -0.15) is 16.6 Å². The SMILES string of the molecule is N#CC(C(=O)c1ccsc1)c1ccccn1. The maximum absolute atomic E-state index is 12.0. The number of nitriles is 1. The first-order valence-corrected chi connectivity index (χ1v) is 5.64. The third kappa shape index (κ3) is 2.00. The van der Waals surface area contributed by atoms with Gasteiger partial charge in [-0.15, -0.1) is 0 Å². The molecule has 0 bridgehead atoms. The number of rotatable bonds is 3. The van der Waals surface area contributed by atoms with Crippen LogP contribution in [0.25, 0.3) is 0 Å². The molecule has 3 nitrogen and oxygen atoms in total. The third-order valence-electron chi connectivity index (χ3n) is 2.18. The highest BCUT2D eigenvalue weighted by Gasteiger charge is 2.22. The molecule has 2 aromatic heterocycles. The zero-order chi connectivity index (χ0) is 11.4. The molecule has 78 valence electrons. The normalized spacial score (nSPS) is 11.7. The maximum atomic E-state index is 12.0. The molecule has 0 aliphatic rings. The number of thiophene rings is 1. The molecule has 0 aliphatic heterocycles. The van der Waals surface area contributed by atoms with Crippen LogP contribution in [0.2, 0.25) is 0 Å². The predicted octanol–water partition coefficient (Wildman–Crippen LogP) is 2.63. The van der Waals surface area contributed by atoms with Crippen molar-refractivity contribution in [2.75, 3.05) is 0 Å². The van der Waals surface area contributed by atoms with Crippen LogP contribution in [0.15, 0.2) is 41.2 Å². The van der Waals surface area contributed by atoms with Crippen LogP contribution in [0.5, 0.6) is 0 Å². The Hall–Kier alpha value is -1.99. The molecule has 2 rings (SSSR count). The van der Waals surface area contributed by atoms with Gasteiger partial charge in [-0.05, 0) is 23.6 Å². The van der Waals surface area contributed by atoms with Crippen LogP contribution in [0.1, 0.15) is 22.0 Å². The summed E-state index contributed by atoms with van der Waals surface area (Å²) in [6.07, 6.45) is 1.58. The quantitative estimate of drug-likeness (QED) is 0.759. The molecular weight excluding hydrogens is 220 g/mol. The van der Waals surface area contributed by atoms with Crippen LogP contribution in [-0.4, -0.2) is 10.8 Å². The van der Waals surface area contributed by atoms with E-state index in [0.29, 0.717) is 11.3 Å². The Morgan fingerprint density at radius 3 is 2.88 bits per heavy atom. The molecule has 0 aromatic carbocycles. The predicted molar refractivity (Wildman–Crippen MR) is 61.2 cm³/mol. The molecule has 1 unspecified atom stereocenters. The maximum Gasteiger partial charge on any atom is 0.186 e. The molecule has 16 heavy (non-hydrogen) atoms. The van der Waals surface area contributed by atoms with Crippen molar-refractivity contribution in [1.29, 1.82) is 5.26 Å². The molecule has 2 aromatic rings. The van der Waals surface area contributed by atoms with Gasteiger partial charge in [0.25, 0.3) is 0 Å². The van der Waals surface area contributed by atoms with E-state index < -0.39 is 5.92 Å². The second kappa shape index (κ2) is 4.69. The van der Waals surface area contributed by atoms with Crippen LogP contribution < -0.4 is 0 Å². The van der Waals surface area contributed by atoms with E-state index in [1.165, 1.54) is 11.3 Å². The van der Waals surface area contributed by atoms with Gasteiger partial charge in [0.15, 0.2) is 11.7 Å². The first-order chi connectivity index (χ1) is 7.83. The Kier molecular flexibility index (Phi) is 3.08. The van der Waals surface area contributed by atoms with E-state index in [4.69, 9.17) is 5.26 Å². The van der Waals surface area contributed by atoms with E-state index in [9.17, 15) is 4.79 Å². The van der Waals surface area contributed by atoms with Crippen molar-refractivity contribution in [3.05, 3.63) is 52.5 Å². The molecule has 0 radical (unpaired) electrons. The largest absolute Gasteiger partial charge is 0.292 e. The summed E-state index contributed by atoms with van der Waals surface area (Å²) in [5.74, 6) is -1.00. The van der Waals surface area contributed by atoms with E-state index in [2.05, 4.69) is 4.98 Å². The molecule has 1 atom stereocenters. The van der Waals surface area contributed by atoms with Gasteiger partial charge in [-0.3, -0.25) is 9.78 Å². The number of carbonyl (C=O) groups is 1. The van der Waals surface area contributed by atoms with E-state index in [1.54, 1.807) is 35.8 Å². The Balaban J connectivity index is 2.32. The van der Waals surface area contributed by atoms with Crippen LogP contribution in [0.4, 0.5) is 0 Å². The minimum Gasteiger partial charge on any atom is -0.292 e. The van der Waals surface area contributed by atoms with Crippen LogP contribution in [0, 0.1) is 11.3 Å².